The van der Waals surface area contributed by atoms with E-state index in [0.717, 1.165) is 10.6 Å². The van der Waals surface area contributed by atoms with Crippen molar-refractivity contribution in [2.24, 2.45) is 0 Å². The highest BCUT2D eigenvalue weighted by Crippen LogP contribution is 2.29. The monoisotopic (exact) mass is 467 g/mol. The Hall–Kier alpha value is -2.78. The summed E-state index contributed by atoms with van der Waals surface area (Å²) in [6, 6.07) is 12.6. The third kappa shape index (κ3) is 6.35. The topological polar surface area (TPSA) is 96.0 Å². The van der Waals surface area contributed by atoms with Crippen molar-refractivity contribution in [3.05, 3.63) is 59.1 Å². The lowest BCUT2D eigenvalue weighted by atomic mass is 10.1. The number of carbonyl (C=O) groups is 2. The summed E-state index contributed by atoms with van der Waals surface area (Å²) in [6.45, 7) is 1.16. The van der Waals surface area contributed by atoms with Gasteiger partial charge >= 0.3 is 0 Å². The molecule has 2 rings (SSSR count). The lowest BCUT2D eigenvalue weighted by molar-refractivity contribution is -0.139. The molecule has 0 aliphatic heterocycles. The van der Waals surface area contributed by atoms with Crippen LogP contribution in [-0.2, 0) is 26.2 Å². The molecule has 0 fully saturated rings. The molecule has 0 radical (unpaired) electrons. The number of nitrogens with zero attached hydrogens (tertiary/aromatic N) is 2. The first-order chi connectivity index (χ1) is 14.6. The molecule has 0 saturated heterocycles. The van der Waals surface area contributed by atoms with Gasteiger partial charge in [0.2, 0.25) is 21.8 Å². The molecule has 31 heavy (non-hydrogen) atoms. The summed E-state index contributed by atoms with van der Waals surface area (Å²) >= 11 is 6.05. The molecule has 1 N–H and O–H groups in total. The SMILES string of the molecule is CNC(=O)C(C)N(Cc1cccc(Cl)c1)C(=O)CN(c1ccccc1OC)S(C)(=O)=O. The summed E-state index contributed by atoms with van der Waals surface area (Å²) in [6.07, 6.45) is 1.01. The van der Waals surface area contributed by atoms with Gasteiger partial charge in [0.25, 0.3) is 0 Å². The number of hydrogen-bond donors (Lipinski definition) is 1. The Balaban J connectivity index is 2.42. The quantitative estimate of drug-likeness (QED) is 0.610. The van der Waals surface area contributed by atoms with Crippen LogP contribution in [0.2, 0.25) is 5.02 Å². The van der Waals surface area contributed by atoms with E-state index in [2.05, 4.69) is 5.32 Å². The zero-order valence-corrected chi connectivity index (χ0v) is 19.4. The highest BCUT2D eigenvalue weighted by Gasteiger charge is 2.30. The maximum Gasteiger partial charge on any atom is 0.244 e. The molecular weight excluding hydrogens is 442 g/mol. The summed E-state index contributed by atoms with van der Waals surface area (Å²) in [5.74, 6) is -0.618. The number of carbonyl (C=O) groups excluding carboxylic acids is 2. The molecule has 0 spiro atoms. The van der Waals surface area contributed by atoms with E-state index in [9.17, 15) is 18.0 Å². The molecule has 168 valence electrons. The molecule has 0 aliphatic rings. The number of halogens is 1. The third-order valence-corrected chi connectivity index (χ3v) is 6.05. The summed E-state index contributed by atoms with van der Waals surface area (Å²) in [7, 11) is -0.938. The van der Waals surface area contributed by atoms with Gasteiger partial charge in [-0.2, -0.15) is 0 Å². The van der Waals surface area contributed by atoms with Crippen LogP contribution in [0.25, 0.3) is 0 Å². The van der Waals surface area contributed by atoms with E-state index in [0.29, 0.717) is 16.3 Å². The van der Waals surface area contributed by atoms with Crippen LogP contribution in [-0.4, -0.2) is 58.1 Å². The van der Waals surface area contributed by atoms with E-state index in [1.165, 1.54) is 19.1 Å². The first-order valence-corrected chi connectivity index (χ1v) is 11.7. The number of rotatable bonds is 9. The van der Waals surface area contributed by atoms with Crippen molar-refractivity contribution in [3.63, 3.8) is 0 Å². The average molecular weight is 468 g/mol. The first-order valence-electron chi connectivity index (χ1n) is 9.44. The van der Waals surface area contributed by atoms with Gasteiger partial charge in [-0.1, -0.05) is 35.9 Å². The fraction of sp³-hybridized carbons (Fsp3) is 0.333. The maximum atomic E-state index is 13.3. The fourth-order valence-electron chi connectivity index (χ4n) is 3.05. The predicted octanol–water partition coefficient (Wildman–Crippen LogP) is 2.28. The smallest absolute Gasteiger partial charge is 0.244 e. The van der Waals surface area contributed by atoms with Gasteiger partial charge < -0.3 is 15.0 Å². The molecule has 0 saturated carbocycles. The molecule has 2 aromatic carbocycles. The minimum absolute atomic E-state index is 0.0809. The molecule has 0 aromatic heterocycles. The van der Waals surface area contributed by atoms with E-state index in [1.54, 1.807) is 55.5 Å². The minimum Gasteiger partial charge on any atom is -0.495 e. The Bertz CT molecular complexity index is 1040. The van der Waals surface area contributed by atoms with Crippen molar-refractivity contribution in [2.75, 3.05) is 31.3 Å². The Morgan fingerprint density at radius 3 is 2.42 bits per heavy atom. The lowest BCUT2D eigenvalue weighted by Crippen LogP contribution is -2.50. The minimum atomic E-state index is -3.83. The Morgan fingerprint density at radius 2 is 1.84 bits per heavy atom. The molecular formula is C21H26ClN3O5S. The summed E-state index contributed by atoms with van der Waals surface area (Å²) in [5, 5.41) is 3.01. The molecule has 2 amide bonds. The highest BCUT2D eigenvalue weighted by atomic mass is 35.5. The van der Waals surface area contributed by atoms with Gasteiger partial charge in [-0.15, -0.1) is 0 Å². The van der Waals surface area contributed by atoms with Crippen LogP contribution in [0, 0.1) is 0 Å². The van der Waals surface area contributed by atoms with Crippen LogP contribution in [0.4, 0.5) is 5.69 Å². The van der Waals surface area contributed by atoms with Crippen LogP contribution in [0.15, 0.2) is 48.5 Å². The van der Waals surface area contributed by atoms with Crippen LogP contribution >= 0.6 is 11.6 Å². The van der Waals surface area contributed by atoms with E-state index in [1.807, 2.05) is 0 Å². The number of methoxy groups -OCH3 is 1. The number of likely N-dealkylation sites (N-methyl/N-ethyl adjacent to an activating group) is 1. The van der Waals surface area contributed by atoms with Crippen molar-refractivity contribution in [1.29, 1.82) is 0 Å². The number of nitrogens with one attached hydrogen (secondary N) is 1. The van der Waals surface area contributed by atoms with E-state index >= 15 is 0 Å². The standard InChI is InChI=1S/C21H26ClN3O5S/c1-15(21(27)23-2)24(13-16-8-7-9-17(22)12-16)20(26)14-25(31(4,28)29)18-10-5-6-11-19(18)30-3/h5-12,15H,13-14H2,1-4H3,(H,23,27). The zero-order chi connectivity index (χ0) is 23.2. The largest absolute Gasteiger partial charge is 0.495 e. The van der Waals surface area contributed by atoms with Gasteiger partial charge in [-0.05, 0) is 36.8 Å². The number of hydrogen-bond acceptors (Lipinski definition) is 5. The van der Waals surface area contributed by atoms with Crippen molar-refractivity contribution in [1.82, 2.24) is 10.2 Å². The van der Waals surface area contributed by atoms with Crippen LogP contribution < -0.4 is 14.4 Å². The summed E-state index contributed by atoms with van der Waals surface area (Å²) in [5.41, 5.74) is 0.941. The Labute approximate surface area is 187 Å². The second kappa shape index (κ2) is 10.5. The molecule has 10 heteroatoms. The van der Waals surface area contributed by atoms with E-state index < -0.39 is 28.5 Å². The number of amides is 2. The Morgan fingerprint density at radius 1 is 1.16 bits per heavy atom. The second-order valence-corrected chi connectivity index (χ2v) is 9.23. The molecule has 8 nitrogen and oxygen atoms in total. The number of benzene rings is 2. The molecule has 1 atom stereocenters. The molecule has 2 aromatic rings. The van der Waals surface area contributed by atoms with Crippen molar-refractivity contribution in [3.8, 4) is 5.75 Å². The van der Waals surface area contributed by atoms with Crippen LogP contribution in [0.1, 0.15) is 12.5 Å². The first kappa shape index (κ1) is 24.5. The van der Waals surface area contributed by atoms with E-state index in [-0.39, 0.29) is 18.1 Å². The number of anilines is 1. The zero-order valence-electron chi connectivity index (χ0n) is 17.8. The fourth-order valence-corrected chi connectivity index (χ4v) is 4.12. The summed E-state index contributed by atoms with van der Waals surface area (Å²) < 4.78 is 31.3. The number of sulfonamides is 1. The van der Waals surface area contributed by atoms with Gasteiger partial charge in [0.1, 0.15) is 18.3 Å². The van der Waals surface area contributed by atoms with Crippen molar-refractivity contribution < 1.29 is 22.7 Å². The van der Waals surface area contributed by atoms with Gasteiger partial charge in [-0.3, -0.25) is 13.9 Å². The molecule has 0 heterocycles. The van der Waals surface area contributed by atoms with Gasteiger partial charge in [-0.25, -0.2) is 8.42 Å². The van der Waals surface area contributed by atoms with Crippen LogP contribution in [0.5, 0.6) is 5.75 Å². The van der Waals surface area contributed by atoms with Crippen LogP contribution in [0.3, 0.4) is 0 Å². The van der Waals surface area contributed by atoms with Gasteiger partial charge in [0, 0.05) is 18.6 Å². The summed E-state index contributed by atoms with van der Waals surface area (Å²) in [4.78, 5) is 26.9. The second-order valence-electron chi connectivity index (χ2n) is 6.88. The lowest BCUT2D eigenvalue weighted by Gasteiger charge is -2.31. The molecule has 1 unspecified atom stereocenters. The predicted molar refractivity (Wildman–Crippen MR) is 121 cm³/mol. The van der Waals surface area contributed by atoms with Gasteiger partial charge in [0.05, 0.1) is 19.1 Å². The molecule has 0 aliphatic carbocycles. The number of para-hydroxylation sites is 2. The Kier molecular flexibility index (Phi) is 8.29. The number of ether oxygens (including phenoxy) is 1. The maximum absolute atomic E-state index is 13.3. The normalized spacial score (nSPS) is 12.0. The average Bonchev–Trinajstić information content (AvgIpc) is 2.73. The highest BCUT2D eigenvalue weighted by molar-refractivity contribution is 7.92. The third-order valence-electron chi connectivity index (χ3n) is 4.69. The molecule has 0 bridgehead atoms. The van der Waals surface area contributed by atoms with E-state index in [4.69, 9.17) is 16.3 Å². The van der Waals surface area contributed by atoms with Gasteiger partial charge in [0.15, 0.2) is 0 Å². The van der Waals surface area contributed by atoms with Crippen molar-refractivity contribution in [2.45, 2.75) is 19.5 Å². The van der Waals surface area contributed by atoms with Crippen molar-refractivity contribution >= 4 is 39.1 Å².